The molecule has 0 bridgehead atoms. The van der Waals surface area contributed by atoms with Crippen LogP contribution in [0.2, 0.25) is 10.0 Å². The molecule has 186 valence electrons. The van der Waals surface area contributed by atoms with Gasteiger partial charge in [-0.25, -0.2) is 0 Å². The number of rotatable bonds is 8. The van der Waals surface area contributed by atoms with Gasteiger partial charge in [-0.15, -0.1) is 0 Å². The van der Waals surface area contributed by atoms with Gasteiger partial charge in [0.25, 0.3) is 5.91 Å². The summed E-state index contributed by atoms with van der Waals surface area (Å²) in [6, 6.07) is 15.8. The summed E-state index contributed by atoms with van der Waals surface area (Å²) >= 11 is 12.5. The predicted molar refractivity (Wildman–Crippen MR) is 135 cm³/mol. The molecule has 2 aliphatic rings. The van der Waals surface area contributed by atoms with E-state index in [1.807, 2.05) is 18.2 Å². The summed E-state index contributed by atoms with van der Waals surface area (Å²) in [5, 5.41) is 15.4. The fourth-order valence-electron chi connectivity index (χ4n) is 4.49. The Bertz CT molecular complexity index is 1310. The van der Waals surface area contributed by atoms with Gasteiger partial charge in [-0.1, -0.05) is 29.3 Å². The zero-order valence-electron chi connectivity index (χ0n) is 20.4. The molecule has 3 aromatic carbocycles. The van der Waals surface area contributed by atoms with Crippen LogP contribution in [0.5, 0.6) is 17.2 Å². The van der Waals surface area contributed by atoms with Crippen LogP contribution in [0, 0.1) is 0 Å². The van der Waals surface area contributed by atoms with E-state index in [4.69, 9.17) is 32.7 Å². The van der Waals surface area contributed by atoms with E-state index in [2.05, 4.69) is 5.32 Å². The van der Waals surface area contributed by atoms with Gasteiger partial charge in [0.05, 0.1) is 11.6 Å². The molecule has 1 atom stereocenters. The van der Waals surface area contributed by atoms with E-state index in [0.29, 0.717) is 47.3 Å². The van der Waals surface area contributed by atoms with Crippen molar-refractivity contribution in [2.45, 2.75) is 37.5 Å². The Kier molecular flexibility index (Phi) is 9.09. The predicted octanol–water partition coefficient (Wildman–Crippen LogP) is 2.26. The van der Waals surface area contributed by atoms with Crippen LogP contribution in [-0.4, -0.2) is 25.0 Å². The first-order valence-electron chi connectivity index (χ1n) is 11.9. The largest absolute Gasteiger partial charge is 1.00 e. The molecule has 0 spiro atoms. The van der Waals surface area contributed by atoms with Gasteiger partial charge in [0.15, 0.2) is 0 Å². The van der Waals surface area contributed by atoms with Crippen molar-refractivity contribution < 1.29 is 53.7 Å². The van der Waals surface area contributed by atoms with E-state index in [1.54, 1.807) is 36.4 Å². The van der Waals surface area contributed by atoms with Gasteiger partial charge < -0.3 is 24.7 Å². The summed E-state index contributed by atoms with van der Waals surface area (Å²) in [7, 11) is 0. The van der Waals surface area contributed by atoms with Crippen molar-refractivity contribution in [3.8, 4) is 17.2 Å². The van der Waals surface area contributed by atoms with Crippen molar-refractivity contribution in [1.29, 1.82) is 0 Å². The van der Waals surface area contributed by atoms with Crippen LogP contribution >= 0.6 is 23.2 Å². The normalized spacial score (nSPS) is 16.1. The smallest absolute Gasteiger partial charge is 0.549 e. The van der Waals surface area contributed by atoms with Crippen LogP contribution in [0.25, 0.3) is 0 Å². The van der Waals surface area contributed by atoms with Crippen molar-refractivity contribution >= 4 is 35.1 Å². The molecule has 3 aromatic rings. The molecule has 1 aliphatic heterocycles. The van der Waals surface area contributed by atoms with E-state index >= 15 is 0 Å². The summed E-state index contributed by atoms with van der Waals surface area (Å²) in [6.45, 7) is 0.798. The van der Waals surface area contributed by atoms with Gasteiger partial charge in [0, 0.05) is 40.6 Å². The summed E-state index contributed by atoms with van der Waals surface area (Å²) in [5.41, 5.74) is 3.51. The number of hydrogen-bond acceptors (Lipinski definition) is 5. The van der Waals surface area contributed by atoms with Crippen LogP contribution < -0.4 is 49.5 Å². The Morgan fingerprint density at radius 3 is 2.46 bits per heavy atom. The molecule has 6 nitrogen and oxygen atoms in total. The second-order valence-corrected chi connectivity index (χ2v) is 9.92. The van der Waals surface area contributed by atoms with Gasteiger partial charge in [0.1, 0.15) is 17.2 Å². The van der Waals surface area contributed by atoms with E-state index in [0.717, 1.165) is 11.4 Å². The Balaban J connectivity index is 0.00000320. The number of ether oxygens (including phenoxy) is 2. The van der Waals surface area contributed by atoms with E-state index in [1.165, 1.54) is 24.0 Å². The molecule has 1 unspecified atom stereocenters. The molecule has 9 heteroatoms. The SMILES string of the molecule is O=C(NCCc1ccc(Cl)cc1C1CC1)c1ccc(Oc2cc3c(cc2Cl)C(C(=O)[O-])CCO3)cc1.[Na+]. The van der Waals surface area contributed by atoms with Crippen LogP contribution in [0.3, 0.4) is 0 Å². The first-order valence-corrected chi connectivity index (χ1v) is 12.7. The number of benzene rings is 3. The fraction of sp³-hybridized carbons (Fsp3) is 0.286. The Labute approximate surface area is 247 Å². The first kappa shape index (κ1) is 27.8. The first-order chi connectivity index (χ1) is 17.4. The average molecular weight is 548 g/mol. The maximum atomic E-state index is 12.6. The van der Waals surface area contributed by atoms with Crippen LogP contribution in [0.1, 0.15) is 58.1 Å². The van der Waals surface area contributed by atoms with Gasteiger partial charge in [0.2, 0.25) is 0 Å². The summed E-state index contributed by atoms with van der Waals surface area (Å²) in [5.74, 6) is -0.272. The number of hydrogen-bond donors (Lipinski definition) is 1. The summed E-state index contributed by atoms with van der Waals surface area (Å²) < 4.78 is 11.5. The molecule has 1 N–H and O–H groups in total. The average Bonchev–Trinajstić information content (AvgIpc) is 3.71. The van der Waals surface area contributed by atoms with Gasteiger partial charge in [-0.2, -0.15) is 0 Å². The molecule has 0 aromatic heterocycles. The monoisotopic (exact) mass is 547 g/mol. The third-order valence-corrected chi connectivity index (χ3v) is 7.07. The fourth-order valence-corrected chi connectivity index (χ4v) is 4.89. The Morgan fingerprint density at radius 1 is 1.00 bits per heavy atom. The molecule has 1 fully saturated rings. The Morgan fingerprint density at radius 2 is 1.76 bits per heavy atom. The van der Waals surface area contributed by atoms with E-state index in [9.17, 15) is 14.7 Å². The minimum Gasteiger partial charge on any atom is -0.549 e. The zero-order chi connectivity index (χ0) is 25.2. The third kappa shape index (κ3) is 6.62. The number of amides is 1. The Hall–Kier alpha value is -2.22. The van der Waals surface area contributed by atoms with Crippen molar-refractivity contribution in [3.63, 3.8) is 0 Å². The molecule has 0 saturated heterocycles. The number of nitrogens with one attached hydrogen (secondary N) is 1. The van der Waals surface area contributed by atoms with Gasteiger partial charge >= 0.3 is 29.6 Å². The van der Waals surface area contributed by atoms with Crippen LogP contribution in [0.4, 0.5) is 0 Å². The number of carboxylic acid groups (broad SMARTS) is 1. The molecule has 1 aliphatic carbocycles. The minimum absolute atomic E-state index is 0. The molecular weight excluding hydrogens is 524 g/mol. The second-order valence-electron chi connectivity index (χ2n) is 9.08. The number of fused-ring (bicyclic) bond motifs is 1. The number of carboxylic acids is 1. The van der Waals surface area contributed by atoms with Gasteiger partial charge in [-0.05, 0) is 85.2 Å². The number of halogens is 2. The van der Waals surface area contributed by atoms with Crippen molar-refractivity contribution in [1.82, 2.24) is 5.32 Å². The van der Waals surface area contributed by atoms with Crippen molar-refractivity contribution in [3.05, 3.63) is 86.9 Å². The molecular formula is C28H24Cl2NNaO5. The van der Waals surface area contributed by atoms with E-state index < -0.39 is 11.9 Å². The standard InChI is InChI=1S/C28H25Cl2NO5.Na/c29-19-6-3-17(22(13-19)16-1-2-16)9-11-31-27(32)18-4-7-20(8-5-18)36-26-15-25-23(14-24(26)30)21(28(33)34)10-12-35-25;/h3-8,13-16,21H,1-2,9-12H2,(H,31,32)(H,33,34);/q;+1/p-1. The molecule has 0 radical (unpaired) electrons. The number of carbonyl (C=O) groups excluding carboxylic acids is 2. The summed E-state index contributed by atoms with van der Waals surface area (Å²) in [6.07, 6.45) is 3.46. The molecule has 1 amide bonds. The second kappa shape index (κ2) is 12.1. The van der Waals surface area contributed by atoms with Crippen LogP contribution in [-0.2, 0) is 11.2 Å². The molecule has 37 heavy (non-hydrogen) atoms. The third-order valence-electron chi connectivity index (χ3n) is 6.54. The summed E-state index contributed by atoms with van der Waals surface area (Å²) in [4.78, 5) is 24.0. The van der Waals surface area contributed by atoms with Crippen molar-refractivity contribution in [2.75, 3.05) is 13.2 Å². The molecule has 1 heterocycles. The maximum absolute atomic E-state index is 12.6. The maximum Gasteiger partial charge on any atom is 1.00 e. The quantitative estimate of drug-likeness (QED) is 0.437. The minimum atomic E-state index is -1.16. The zero-order valence-corrected chi connectivity index (χ0v) is 23.9. The number of aliphatic carboxylic acids is 1. The molecule has 5 rings (SSSR count). The van der Waals surface area contributed by atoms with Crippen molar-refractivity contribution in [2.24, 2.45) is 0 Å². The number of carbonyl (C=O) groups is 2. The molecule has 1 saturated carbocycles. The van der Waals surface area contributed by atoms with E-state index in [-0.39, 0.29) is 47.1 Å². The van der Waals surface area contributed by atoms with Crippen LogP contribution in [0.15, 0.2) is 54.6 Å². The van der Waals surface area contributed by atoms with Gasteiger partial charge in [-0.3, -0.25) is 4.79 Å². The topological polar surface area (TPSA) is 87.7 Å².